The molecule has 4 N–H and O–H groups in total. The molecule has 1 aliphatic rings. The van der Waals surface area contributed by atoms with Crippen LogP contribution in [-0.4, -0.2) is 58.2 Å². The van der Waals surface area contributed by atoms with E-state index in [4.69, 9.17) is 32.9 Å². The third kappa shape index (κ3) is 7.70. The molecule has 0 bridgehead atoms. The van der Waals surface area contributed by atoms with Gasteiger partial charge in [-0.1, -0.05) is 79.5 Å². The van der Waals surface area contributed by atoms with Crippen molar-refractivity contribution in [2.45, 2.75) is 45.8 Å². The highest BCUT2D eigenvalue weighted by atomic mass is 35.5. The number of carbonyl (C=O) groups is 1. The minimum Gasteiger partial charge on any atom is -0.481 e. The summed E-state index contributed by atoms with van der Waals surface area (Å²) in [6.07, 6.45) is 4.69. The van der Waals surface area contributed by atoms with E-state index in [1.807, 2.05) is 74.5 Å². The molecule has 2 aromatic carbocycles. The summed E-state index contributed by atoms with van der Waals surface area (Å²) in [5.41, 5.74) is 5.94. The number of hydrogen-bond acceptors (Lipinski definition) is 8. The summed E-state index contributed by atoms with van der Waals surface area (Å²) in [4.78, 5) is 34.1. The van der Waals surface area contributed by atoms with E-state index < -0.39 is 0 Å². The van der Waals surface area contributed by atoms with Crippen LogP contribution in [0, 0.1) is 5.41 Å². The van der Waals surface area contributed by atoms with E-state index >= 15 is 0 Å². The molecule has 10 nitrogen and oxygen atoms in total. The van der Waals surface area contributed by atoms with E-state index in [0.717, 1.165) is 39.8 Å². The van der Waals surface area contributed by atoms with Crippen molar-refractivity contribution in [1.29, 1.82) is 0 Å². The van der Waals surface area contributed by atoms with Crippen LogP contribution in [0.2, 0.25) is 10.0 Å². The number of amides is 1. The zero-order valence-corrected chi connectivity index (χ0v) is 29.7. The van der Waals surface area contributed by atoms with Crippen molar-refractivity contribution in [2.24, 2.45) is 5.41 Å². The van der Waals surface area contributed by atoms with Crippen LogP contribution in [0.25, 0.3) is 39.2 Å². The molecule has 0 radical (unpaired) electrons. The number of carbonyl (C=O) groups excluding carboxylic acids is 1. The molecule has 1 atom stereocenters. The quantitative estimate of drug-likeness (QED) is 0.119. The second kappa shape index (κ2) is 15.3. The summed E-state index contributed by atoms with van der Waals surface area (Å²) in [5, 5.41) is 20.1. The number of pyridine rings is 2. The van der Waals surface area contributed by atoms with Gasteiger partial charge in [0.2, 0.25) is 11.8 Å². The molecule has 5 aromatic rings. The molecule has 0 spiro atoms. The number of aliphatic hydroxyl groups excluding tert-OH is 1. The SMILES string of the molecule is COc1nc(-c2cccc(-c3cccc(-c4ccn5c(=O)c(CNCC(C)(C)CO)cnc5c4)c3Cl)c2Cl)ccc1CNCC1CCC(=O)N1. The first-order valence-corrected chi connectivity index (χ1v) is 17.3. The highest BCUT2D eigenvalue weighted by molar-refractivity contribution is 6.39. The second-order valence-corrected chi connectivity index (χ2v) is 14.0. The molecule has 0 aliphatic carbocycles. The summed E-state index contributed by atoms with van der Waals surface area (Å²) in [5.74, 6) is 0.584. The van der Waals surface area contributed by atoms with E-state index in [1.165, 1.54) is 4.40 Å². The zero-order chi connectivity index (χ0) is 35.4. The number of nitrogens with one attached hydrogen (secondary N) is 3. The van der Waals surface area contributed by atoms with Crippen LogP contribution in [0.4, 0.5) is 0 Å². The maximum absolute atomic E-state index is 13.2. The topological polar surface area (TPSA) is 130 Å². The first-order valence-electron chi connectivity index (χ1n) is 16.5. The zero-order valence-electron chi connectivity index (χ0n) is 28.2. The number of halogens is 2. The Morgan fingerprint density at radius 1 is 0.960 bits per heavy atom. The number of aromatic nitrogens is 3. The lowest BCUT2D eigenvalue weighted by molar-refractivity contribution is -0.119. The summed E-state index contributed by atoms with van der Waals surface area (Å²) in [7, 11) is 1.59. The summed E-state index contributed by atoms with van der Waals surface area (Å²) < 4.78 is 7.16. The maximum atomic E-state index is 13.2. The first-order chi connectivity index (χ1) is 24.1. The first kappa shape index (κ1) is 35.5. The number of ether oxygens (including phenoxy) is 1. The van der Waals surface area contributed by atoms with Crippen molar-refractivity contribution < 1.29 is 14.6 Å². The van der Waals surface area contributed by atoms with Crippen molar-refractivity contribution in [3.05, 3.63) is 105 Å². The van der Waals surface area contributed by atoms with E-state index in [-0.39, 0.29) is 29.5 Å². The maximum Gasteiger partial charge on any atom is 0.262 e. The lowest BCUT2D eigenvalue weighted by Crippen LogP contribution is -2.35. The number of methoxy groups -OCH3 is 1. The number of aliphatic hydroxyl groups is 1. The molecular formula is C38H40Cl2N6O4. The van der Waals surface area contributed by atoms with Crippen LogP contribution < -0.4 is 26.2 Å². The van der Waals surface area contributed by atoms with E-state index in [1.54, 1.807) is 19.5 Å². The van der Waals surface area contributed by atoms with Gasteiger partial charge in [0.05, 0.1) is 22.8 Å². The summed E-state index contributed by atoms with van der Waals surface area (Å²) in [6, 6.07) is 19.2. The standard InChI is InChI=1S/C38H40Cl2N6O4/c1-38(2,22-47)21-42-18-25-19-43-32-16-23(14-15-46(32)37(25)49)27-6-4-7-28(34(27)39)29-8-5-9-30(35(29)40)31-12-10-24(36(45-31)50-3)17-41-20-26-11-13-33(48)44-26/h4-10,12,14-16,19,26,41-42,47H,11,13,17-18,20-22H2,1-3H3,(H,44,48). The Morgan fingerprint density at radius 2 is 1.66 bits per heavy atom. The van der Waals surface area contributed by atoms with Crippen molar-refractivity contribution in [2.75, 3.05) is 26.8 Å². The molecule has 1 saturated heterocycles. The van der Waals surface area contributed by atoms with Gasteiger partial charge in [-0.2, -0.15) is 0 Å². The Morgan fingerprint density at radius 3 is 2.36 bits per heavy atom. The minimum atomic E-state index is -0.291. The van der Waals surface area contributed by atoms with Gasteiger partial charge in [-0.15, -0.1) is 0 Å². The highest BCUT2D eigenvalue weighted by Crippen LogP contribution is 2.42. The second-order valence-electron chi connectivity index (χ2n) is 13.3. The Hall–Kier alpha value is -4.32. The predicted molar refractivity (Wildman–Crippen MR) is 198 cm³/mol. The van der Waals surface area contributed by atoms with E-state index in [0.29, 0.717) is 65.4 Å². The lowest BCUT2D eigenvalue weighted by atomic mass is 9.95. The van der Waals surface area contributed by atoms with Crippen molar-refractivity contribution in [1.82, 2.24) is 30.3 Å². The normalized spacial score (nSPS) is 14.7. The van der Waals surface area contributed by atoms with Gasteiger partial charge < -0.3 is 25.8 Å². The molecule has 3 aromatic heterocycles. The molecule has 4 heterocycles. The van der Waals surface area contributed by atoms with Crippen molar-refractivity contribution >= 4 is 34.8 Å². The number of rotatable bonds is 13. The van der Waals surface area contributed by atoms with Crippen LogP contribution in [0.5, 0.6) is 5.88 Å². The molecule has 1 aliphatic heterocycles. The Balaban J connectivity index is 1.24. The van der Waals surface area contributed by atoms with Crippen LogP contribution in [0.3, 0.4) is 0 Å². The number of fused-ring (bicyclic) bond motifs is 1. The fraction of sp³-hybridized carbons (Fsp3) is 0.316. The molecule has 50 heavy (non-hydrogen) atoms. The average molecular weight is 716 g/mol. The molecule has 260 valence electrons. The fourth-order valence-corrected chi connectivity index (χ4v) is 6.70. The molecular weight excluding hydrogens is 675 g/mol. The highest BCUT2D eigenvalue weighted by Gasteiger charge is 2.21. The van der Waals surface area contributed by atoms with Crippen LogP contribution in [0.15, 0.2) is 77.9 Å². The largest absolute Gasteiger partial charge is 0.481 e. The van der Waals surface area contributed by atoms with Gasteiger partial charge in [-0.3, -0.25) is 14.0 Å². The van der Waals surface area contributed by atoms with Gasteiger partial charge in [0.1, 0.15) is 5.65 Å². The Kier molecular flexibility index (Phi) is 10.9. The predicted octanol–water partition coefficient (Wildman–Crippen LogP) is 5.88. The molecule has 6 rings (SSSR count). The van der Waals surface area contributed by atoms with Gasteiger partial charge in [-0.05, 0) is 30.2 Å². The van der Waals surface area contributed by atoms with Gasteiger partial charge in [0.15, 0.2) is 0 Å². The number of hydrogen-bond donors (Lipinski definition) is 4. The third-order valence-electron chi connectivity index (χ3n) is 8.93. The van der Waals surface area contributed by atoms with Gasteiger partial charge >= 0.3 is 0 Å². The van der Waals surface area contributed by atoms with Gasteiger partial charge in [0, 0.05) is 96.4 Å². The summed E-state index contributed by atoms with van der Waals surface area (Å²) >= 11 is 14.2. The molecule has 0 saturated carbocycles. The smallest absolute Gasteiger partial charge is 0.262 e. The van der Waals surface area contributed by atoms with Crippen LogP contribution in [0.1, 0.15) is 37.8 Å². The third-order valence-corrected chi connectivity index (χ3v) is 9.74. The molecule has 1 fully saturated rings. The van der Waals surface area contributed by atoms with E-state index in [9.17, 15) is 14.7 Å². The summed E-state index contributed by atoms with van der Waals surface area (Å²) in [6.45, 7) is 6.07. The number of nitrogens with zero attached hydrogens (tertiary/aromatic N) is 3. The molecule has 1 unspecified atom stereocenters. The molecule has 12 heteroatoms. The Bertz CT molecular complexity index is 2100. The van der Waals surface area contributed by atoms with Crippen molar-refractivity contribution in [3.63, 3.8) is 0 Å². The lowest BCUT2D eigenvalue weighted by Gasteiger charge is -2.21. The monoisotopic (exact) mass is 714 g/mol. The van der Waals surface area contributed by atoms with Crippen LogP contribution in [-0.2, 0) is 17.9 Å². The van der Waals surface area contributed by atoms with Crippen LogP contribution >= 0.6 is 23.2 Å². The number of benzene rings is 2. The van der Waals surface area contributed by atoms with Crippen molar-refractivity contribution in [3.8, 4) is 39.4 Å². The minimum absolute atomic E-state index is 0.0446. The van der Waals surface area contributed by atoms with Gasteiger partial charge in [-0.25, -0.2) is 9.97 Å². The van der Waals surface area contributed by atoms with Gasteiger partial charge in [0.25, 0.3) is 5.56 Å². The Labute approximate surface area is 300 Å². The average Bonchev–Trinajstić information content (AvgIpc) is 3.54. The fourth-order valence-electron chi connectivity index (χ4n) is 6.04. The molecule has 1 amide bonds. The van der Waals surface area contributed by atoms with E-state index in [2.05, 4.69) is 20.9 Å².